The number of aliphatic hydroxyl groups is 1. The highest BCUT2D eigenvalue weighted by Crippen LogP contribution is 2.14. The van der Waals surface area contributed by atoms with Crippen LogP contribution in [0.4, 0.5) is 5.69 Å². The van der Waals surface area contributed by atoms with Gasteiger partial charge in [0, 0.05) is 12.8 Å². The molecule has 1 heterocycles. The second kappa shape index (κ2) is 4.62. The van der Waals surface area contributed by atoms with E-state index in [1.165, 1.54) is 0 Å². The molecular formula is C10H14N2O. The first-order chi connectivity index (χ1) is 6.25. The fourth-order valence-electron chi connectivity index (χ4n) is 0.993. The molecule has 0 aromatic carbocycles. The summed E-state index contributed by atoms with van der Waals surface area (Å²) in [6.45, 7) is 2.10. The molecule has 70 valence electrons. The molecule has 0 unspecified atom stereocenters. The third-order valence-corrected chi connectivity index (χ3v) is 1.81. The molecule has 1 aromatic heterocycles. The summed E-state index contributed by atoms with van der Waals surface area (Å²) in [5.74, 6) is 0. The van der Waals surface area contributed by atoms with Crippen LogP contribution in [0, 0.1) is 6.92 Å². The summed E-state index contributed by atoms with van der Waals surface area (Å²) in [5.41, 5.74) is 8.29. The molecule has 0 amide bonds. The molecule has 13 heavy (non-hydrogen) atoms. The lowest BCUT2D eigenvalue weighted by atomic mass is 10.2. The Hall–Kier alpha value is -1.35. The first-order valence-electron chi connectivity index (χ1n) is 4.24. The van der Waals surface area contributed by atoms with E-state index in [2.05, 4.69) is 4.98 Å². The van der Waals surface area contributed by atoms with Crippen LogP contribution < -0.4 is 5.73 Å². The normalized spacial score (nSPS) is 10.9. The van der Waals surface area contributed by atoms with E-state index in [0.717, 1.165) is 11.3 Å². The second-order valence-corrected chi connectivity index (χ2v) is 2.84. The van der Waals surface area contributed by atoms with Gasteiger partial charge in [0.25, 0.3) is 0 Å². The number of aryl methyl sites for hydroxylation is 1. The number of pyridine rings is 1. The highest BCUT2D eigenvalue weighted by Gasteiger charge is 1.97. The number of hydrogen-bond acceptors (Lipinski definition) is 3. The highest BCUT2D eigenvalue weighted by atomic mass is 16.2. The van der Waals surface area contributed by atoms with E-state index in [-0.39, 0.29) is 6.61 Å². The van der Waals surface area contributed by atoms with Gasteiger partial charge in [-0.15, -0.1) is 0 Å². The van der Waals surface area contributed by atoms with Crippen LogP contribution in [0.1, 0.15) is 17.7 Å². The van der Waals surface area contributed by atoms with Crippen molar-refractivity contribution in [3.8, 4) is 0 Å². The van der Waals surface area contributed by atoms with E-state index in [4.69, 9.17) is 10.8 Å². The topological polar surface area (TPSA) is 59.1 Å². The van der Waals surface area contributed by atoms with E-state index in [1.807, 2.05) is 25.1 Å². The quantitative estimate of drug-likeness (QED) is 0.734. The average molecular weight is 178 g/mol. The number of anilines is 1. The fraction of sp³-hybridized carbons (Fsp3) is 0.300. The Labute approximate surface area is 77.9 Å². The Bertz CT molecular complexity index is 308. The number of rotatable bonds is 3. The molecule has 0 aliphatic carbocycles. The molecule has 1 aromatic rings. The summed E-state index contributed by atoms with van der Waals surface area (Å²) >= 11 is 0. The molecule has 0 aliphatic heterocycles. The molecule has 1 rings (SSSR count). The molecule has 0 fully saturated rings. The maximum absolute atomic E-state index is 8.57. The molecule has 0 atom stereocenters. The fourth-order valence-corrected chi connectivity index (χ4v) is 0.993. The number of aliphatic hydroxyl groups excluding tert-OH is 1. The van der Waals surface area contributed by atoms with Crippen molar-refractivity contribution in [1.82, 2.24) is 4.98 Å². The third-order valence-electron chi connectivity index (χ3n) is 1.81. The van der Waals surface area contributed by atoms with Crippen LogP contribution in [-0.4, -0.2) is 16.7 Å². The van der Waals surface area contributed by atoms with Crippen molar-refractivity contribution in [3.05, 3.63) is 29.6 Å². The largest absolute Gasteiger partial charge is 0.397 e. The average Bonchev–Trinajstić information content (AvgIpc) is 2.13. The van der Waals surface area contributed by atoms with Gasteiger partial charge in [-0.25, -0.2) is 0 Å². The second-order valence-electron chi connectivity index (χ2n) is 2.84. The van der Waals surface area contributed by atoms with Gasteiger partial charge in [0.1, 0.15) is 0 Å². The SMILES string of the molecule is Cc1ccnc(C=CCCO)c1N. The smallest absolute Gasteiger partial charge is 0.0858 e. The minimum atomic E-state index is 0.155. The number of nitrogens with zero attached hydrogens (tertiary/aromatic N) is 1. The maximum Gasteiger partial charge on any atom is 0.0858 e. The van der Waals surface area contributed by atoms with Gasteiger partial charge < -0.3 is 10.8 Å². The van der Waals surface area contributed by atoms with Crippen molar-refractivity contribution in [3.63, 3.8) is 0 Å². The van der Waals surface area contributed by atoms with Gasteiger partial charge in [0.05, 0.1) is 11.4 Å². The minimum absolute atomic E-state index is 0.155. The number of nitrogen functional groups attached to an aromatic ring is 1. The zero-order valence-electron chi connectivity index (χ0n) is 7.70. The van der Waals surface area contributed by atoms with Crippen molar-refractivity contribution in [2.75, 3.05) is 12.3 Å². The molecule has 3 nitrogen and oxygen atoms in total. The standard InChI is InChI=1S/C10H14N2O/c1-8-5-6-12-9(10(8)11)4-2-3-7-13/h2,4-6,13H,3,7,11H2,1H3. The monoisotopic (exact) mass is 178 g/mol. The molecule has 0 spiro atoms. The molecule has 3 heteroatoms. The zero-order chi connectivity index (χ0) is 9.68. The summed E-state index contributed by atoms with van der Waals surface area (Å²) in [5, 5.41) is 8.57. The Kier molecular flexibility index (Phi) is 3.46. The van der Waals surface area contributed by atoms with Crippen molar-refractivity contribution >= 4 is 11.8 Å². The first-order valence-corrected chi connectivity index (χ1v) is 4.24. The maximum atomic E-state index is 8.57. The first kappa shape index (κ1) is 9.74. The van der Waals surface area contributed by atoms with E-state index >= 15 is 0 Å². The predicted octanol–water partition coefficient (Wildman–Crippen LogP) is 1.37. The Morgan fingerprint density at radius 2 is 2.38 bits per heavy atom. The predicted molar refractivity (Wildman–Crippen MR) is 54.1 cm³/mol. The van der Waals surface area contributed by atoms with Crippen molar-refractivity contribution < 1.29 is 5.11 Å². The van der Waals surface area contributed by atoms with E-state index in [0.29, 0.717) is 12.1 Å². The Morgan fingerprint density at radius 1 is 1.62 bits per heavy atom. The van der Waals surface area contributed by atoms with E-state index in [1.54, 1.807) is 6.20 Å². The van der Waals surface area contributed by atoms with Crippen LogP contribution in [0.25, 0.3) is 6.08 Å². The van der Waals surface area contributed by atoms with Gasteiger partial charge in [-0.3, -0.25) is 4.98 Å². The number of nitrogens with two attached hydrogens (primary N) is 1. The zero-order valence-corrected chi connectivity index (χ0v) is 7.70. The third kappa shape index (κ3) is 2.56. The van der Waals surface area contributed by atoms with Crippen LogP contribution in [0.3, 0.4) is 0 Å². The molecule has 0 aliphatic rings. The summed E-state index contributed by atoms with van der Waals surface area (Å²) in [7, 11) is 0. The van der Waals surface area contributed by atoms with E-state index < -0.39 is 0 Å². The van der Waals surface area contributed by atoms with Crippen LogP contribution >= 0.6 is 0 Å². The molecule has 0 saturated heterocycles. The van der Waals surface area contributed by atoms with Gasteiger partial charge in [-0.1, -0.05) is 6.08 Å². The number of aromatic nitrogens is 1. The van der Waals surface area contributed by atoms with Gasteiger partial charge in [-0.05, 0) is 31.1 Å². The Morgan fingerprint density at radius 3 is 3.08 bits per heavy atom. The molecule has 0 radical (unpaired) electrons. The molecule has 0 bridgehead atoms. The highest BCUT2D eigenvalue weighted by molar-refractivity contribution is 5.63. The van der Waals surface area contributed by atoms with Crippen LogP contribution in [0.2, 0.25) is 0 Å². The van der Waals surface area contributed by atoms with Gasteiger partial charge >= 0.3 is 0 Å². The lowest BCUT2D eigenvalue weighted by molar-refractivity contribution is 0.303. The molecule has 3 N–H and O–H groups in total. The van der Waals surface area contributed by atoms with Gasteiger partial charge in [0.2, 0.25) is 0 Å². The van der Waals surface area contributed by atoms with Gasteiger partial charge in [-0.2, -0.15) is 0 Å². The van der Waals surface area contributed by atoms with Crippen LogP contribution in [0.5, 0.6) is 0 Å². The van der Waals surface area contributed by atoms with Crippen molar-refractivity contribution in [2.24, 2.45) is 0 Å². The van der Waals surface area contributed by atoms with Gasteiger partial charge in [0.15, 0.2) is 0 Å². The molecular weight excluding hydrogens is 164 g/mol. The molecule has 0 saturated carbocycles. The summed E-state index contributed by atoms with van der Waals surface area (Å²) < 4.78 is 0. The van der Waals surface area contributed by atoms with Crippen LogP contribution in [-0.2, 0) is 0 Å². The Balaban J connectivity index is 2.83. The van der Waals surface area contributed by atoms with Crippen molar-refractivity contribution in [2.45, 2.75) is 13.3 Å². The number of hydrogen-bond donors (Lipinski definition) is 2. The van der Waals surface area contributed by atoms with E-state index in [9.17, 15) is 0 Å². The minimum Gasteiger partial charge on any atom is -0.397 e. The summed E-state index contributed by atoms with van der Waals surface area (Å²) in [6.07, 6.45) is 6.05. The summed E-state index contributed by atoms with van der Waals surface area (Å²) in [4.78, 5) is 4.12. The lowest BCUT2D eigenvalue weighted by Crippen LogP contribution is -1.95. The van der Waals surface area contributed by atoms with Crippen LogP contribution in [0.15, 0.2) is 18.3 Å². The lowest BCUT2D eigenvalue weighted by Gasteiger charge is -2.01. The summed E-state index contributed by atoms with van der Waals surface area (Å²) in [6, 6.07) is 1.87. The van der Waals surface area contributed by atoms with Crippen molar-refractivity contribution in [1.29, 1.82) is 0 Å².